The zero-order valence-corrected chi connectivity index (χ0v) is 20.3. The Balaban J connectivity index is 1.39. The summed E-state index contributed by atoms with van der Waals surface area (Å²) in [5.74, 6) is 1.76. The van der Waals surface area contributed by atoms with Gasteiger partial charge in [-0.3, -0.25) is 15.3 Å². The Kier molecular flexibility index (Phi) is 6.08. The Hall–Kier alpha value is -4.72. The van der Waals surface area contributed by atoms with Crippen LogP contribution in [0.4, 0.5) is 16.3 Å². The minimum Gasteiger partial charge on any atom is -0.456 e. The molecule has 0 radical (unpaired) electrons. The standard InChI is InChI=1S/C28H26N6O2/c1-28(2,3)25-17-26(34(33-25)21-11-12-24-19(15-21)7-5-14-30-24)32-27(35)31-20-8-4-9-22(16-20)36-23-10-6-13-29-18-23/h4-18H,1-3H3,(H2,31,32,35). The van der Waals surface area contributed by atoms with Crippen molar-refractivity contribution in [2.45, 2.75) is 26.2 Å². The molecule has 0 aliphatic carbocycles. The number of hydrogen-bond donors (Lipinski definition) is 2. The highest BCUT2D eigenvalue weighted by Crippen LogP contribution is 2.28. The fraction of sp³-hybridized carbons (Fsp3) is 0.143. The van der Waals surface area contributed by atoms with Crippen molar-refractivity contribution in [3.8, 4) is 17.2 Å². The number of rotatable bonds is 5. The van der Waals surface area contributed by atoms with Crippen LogP contribution in [-0.2, 0) is 5.41 Å². The number of aromatic nitrogens is 4. The summed E-state index contributed by atoms with van der Waals surface area (Å²) in [7, 11) is 0. The molecular formula is C28H26N6O2. The third kappa shape index (κ3) is 5.17. The molecule has 0 saturated carbocycles. The summed E-state index contributed by atoms with van der Waals surface area (Å²) in [6.07, 6.45) is 5.07. The number of ether oxygens (including phenoxy) is 1. The van der Waals surface area contributed by atoms with Gasteiger partial charge in [0, 0.05) is 41.0 Å². The number of nitrogens with one attached hydrogen (secondary N) is 2. The third-order valence-electron chi connectivity index (χ3n) is 5.51. The lowest BCUT2D eigenvalue weighted by molar-refractivity contribution is 0.262. The second kappa shape index (κ2) is 9.50. The van der Waals surface area contributed by atoms with Gasteiger partial charge >= 0.3 is 6.03 Å². The first-order valence-corrected chi connectivity index (χ1v) is 11.6. The van der Waals surface area contributed by atoms with Crippen LogP contribution in [0.25, 0.3) is 16.6 Å². The molecule has 0 fully saturated rings. The fourth-order valence-electron chi connectivity index (χ4n) is 3.69. The van der Waals surface area contributed by atoms with Crippen LogP contribution in [0.5, 0.6) is 11.5 Å². The Labute approximate surface area is 209 Å². The summed E-state index contributed by atoms with van der Waals surface area (Å²) in [4.78, 5) is 21.4. The molecule has 5 rings (SSSR count). The van der Waals surface area contributed by atoms with E-state index in [1.54, 1.807) is 41.5 Å². The molecule has 0 saturated heterocycles. The highest BCUT2D eigenvalue weighted by Gasteiger charge is 2.22. The Bertz CT molecular complexity index is 1520. The molecule has 8 heteroatoms. The molecule has 36 heavy (non-hydrogen) atoms. The van der Waals surface area contributed by atoms with Crippen LogP contribution in [0.2, 0.25) is 0 Å². The lowest BCUT2D eigenvalue weighted by Gasteiger charge is -2.14. The van der Waals surface area contributed by atoms with Crippen LogP contribution >= 0.6 is 0 Å². The van der Waals surface area contributed by atoms with E-state index in [-0.39, 0.29) is 5.41 Å². The van der Waals surface area contributed by atoms with Crippen molar-refractivity contribution in [1.82, 2.24) is 19.7 Å². The highest BCUT2D eigenvalue weighted by atomic mass is 16.5. The topological polar surface area (TPSA) is 94.0 Å². The zero-order chi connectivity index (χ0) is 25.1. The fourth-order valence-corrected chi connectivity index (χ4v) is 3.69. The molecule has 2 N–H and O–H groups in total. The molecule has 0 atom stereocenters. The predicted molar refractivity (Wildman–Crippen MR) is 141 cm³/mol. The summed E-state index contributed by atoms with van der Waals surface area (Å²) >= 11 is 0. The molecule has 5 aromatic rings. The number of amides is 2. The monoisotopic (exact) mass is 478 g/mol. The molecular weight excluding hydrogens is 452 g/mol. The lowest BCUT2D eigenvalue weighted by Crippen LogP contribution is -2.21. The van der Waals surface area contributed by atoms with E-state index in [9.17, 15) is 4.79 Å². The lowest BCUT2D eigenvalue weighted by atomic mass is 9.92. The van der Waals surface area contributed by atoms with Crippen molar-refractivity contribution in [1.29, 1.82) is 0 Å². The normalized spacial score (nSPS) is 11.3. The summed E-state index contributed by atoms with van der Waals surface area (Å²) < 4.78 is 7.56. The largest absolute Gasteiger partial charge is 0.456 e. The minimum absolute atomic E-state index is 0.200. The molecule has 0 unspecified atom stereocenters. The number of benzene rings is 2. The number of anilines is 2. The van der Waals surface area contributed by atoms with Crippen molar-refractivity contribution in [2.24, 2.45) is 0 Å². The van der Waals surface area contributed by atoms with Crippen LogP contribution in [0.3, 0.4) is 0 Å². The summed E-state index contributed by atoms with van der Waals surface area (Å²) in [5.41, 5.74) is 2.97. The highest BCUT2D eigenvalue weighted by molar-refractivity contribution is 5.99. The van der Waals surface area contributed by atoms with E-state index in [2.05, 4.69) is 41.4 Å². The Morgan fingerprint density at radius 1 is 0.889 bits per heavy atom. The van der Waals surface area contributed by atoms with E-state index in [0.717, 1.165) is 22.3 Å². The SMILES string of the molecule is CC(C)(C)c1cc(NC(=O)Nc2cccc(Oc3cccnc3)c2)n(-c2ccc3ncccc3c2)n1. The summed E-state index contributed by atoms with van der Waals surface area (Å²) in [6, 6.07) is 22.1. The van der Waals surface area contributed by atoms with Crippen LogP contribution < -0.4 is 15.4 Å². The second-order valence-corrected chi connectivity index (χ2v) is 9.35. The summed E-state index contributed by atoms with van der Waals surface area (Å²) in [5, 5.41) is 11.6. The average molecular weight is 479 g/mol. The van der Waals surface area contributed by atoms with Crippen LogP contribution in [-0.4, -0.2) is 25.8 Å². The molecule has 2 amide bonds. The van der Waals surface area contributed by atoms with Gasteiger partial charge in [-0.25, -0.2) is 9.48 Å². The van der Waals surface area contributed by atoms with E-state index in [1.807, 2.05) is 54.6 Å². The van der Waals surface area contributed by atoms with Crippen LogP contribution in [0.15, 0.2) is 91.4 Å². The minimum atomic E-state index is -0.391. The Morgan fingerprint density at radius 2 is 1.72 bits per heavy atom. The van der Waals surface area contributed by atoms with Gasteiger partial charge in [0.05, 0.1) is 23.1 Å². The molecule has 0 aliphatic heterocycles. The number of carbonyl (C=O) groups excluding carboxylic acids is 1. The maximum absolute atomic E-state index is 13.0. The first kappa shape index (κ1) is 23.0. The molecule has 0 bridgehead atoms. The molecule has 0 aliphatic rings. The number of hydrogen-bond acceptors (Lipinski definition) is 5. The Morgan fingerprint density at radius 3 is 2.53 bits per heavy atom. The first-order valence-electron chi connectivity index (χ1n) is 11.6. The zero-order valence-electron chi connectivity index (χ0n) is 20.3. The second-order valence-electron chi connectivity index (χ2n) is 9.35. The number of pyridine rings is 2. The average Bonchev–Trinajstić information content (AvgIpc) is 3.29. The number of urea groups is 1. The van der Waals surface area contributed by atoms with Gasteiger partial charge in [0.2, 0.25) is 0 Å². The van der Waals surface area contributed by atoms with E-state index < -0.39 is 6.03 Å². The van der Waals surface area contributed by atoms with Crippen molar-refractivity contribution >= 4 is 28.4 Å². The van der Waals surface area contributed by atoms with Crippen molar-refractivity contribution < 1.29 is 9.53 Å². The molecule has 3 heterocycles. The number of nitrogens with zero attached hydrogens (tertiary/aromatic N) is 4. The molecule has 2 aromatic carbocycles. The number of fused-ring (bicyclic) bond motifs is 1. The predicted octanol–water partition coefficient (Wildman–Crippen LogP) is 6.55. The molecule has 3 aromatic heterocycles. The van der Waals surface area contributed by atoms with Crippen molar-refractivity contribution in [2.75, 3.05) is 10.6 Å². The van der Waals surface area contributed by atoms with E-state index in [4.69, 9.17) is 9.84 Å². The van der Waals surface area contributed by atoms with Gasteiger partial charge in [0.25, 0.3) is 0 Å². The van der Waals surface area contributed by atoms with Gasteiger partial charge in [0.15, 0.2) is 0 Å². The quantitative estimate of drug-likeness (QED) is 0.299. The van der Waals surface area contributed by atoms with E-state index in [1.165, 1.54) is 0 Å². The van der Waals surface area contributed by atoms with E-state index >= 15 is 0 Å². The van der Waals surface area contributed by atoms with Gasteiger partial charge in [-0.05, 0) is 48.5 Å². The van der Waals surface area contributed by atoms with Crippen molar-refractivity contribution in [3.63, 3.8) is 0 Å². The van der Waals surface area contributed by atoms with Gasteiger partial charge < -0.3 is 10.1 Å². The van der Waals surface area contributed by atoms with Gasteiger partial charge in [-0.15, -0.1) is 0 Å². The van der Waals surface area contributed by atoms with Gasteiger partial charge in [-0.2, -0.15) is 5.10 Å². The summed E-state index contributed by atoms with van der Waals surface area (Å²) in [6.45, 7) is 6.25. The maximum Gasteiger partial charge on any atom is 0.324 e. The smallest absolute Gasteiger partial charge is 0.324 e. The van der Waals surface area contributed by atoms with Crippen molar-refractivity contribution in [3.05, 3.63) is 97.1 Å². The molecule has 180 valence electrons. The number of carbonyl (C=O) groups is 1. The third-order valence-corrected chi connectivity index (χ3v) is 5.51. The van der Waals surface area contributed by atoms with E-state index in [0.29, 0.717) is 23.0 Å². The maximum atomic E-state index is 13.0. The van der Waals surface area contributed by atoms with Gasteiger partial charge in [0.1, 0.15) is 17.3 Å². The molecule has 0 spiro atoms. The van der Waals surface area contributed by atoms with Gasteiger partial charge in [-0.1, -0.05) is 32.9 Å². The van der Waals surface area contributed by atoms with Crippen LogP contribution in [0, 0.1) is 0 Å². The van der Waals surface area contributed by atoms with Crippen LogP contribution in [0.1, 0.15) is 26.5 Å². The molecule has 8 nitrogen and oxygen atoms in total. The first-order chi connectivity index (χ1) is 17.3.